The molecule has 160 valence electrons. The van der Waals surface area contributed by atoms with Crippen LogP contribution in [0.3, 0.4) is 0 Å². The summed E-state index contributed by atoms with van der Waals surface area (Å²) in [6, 6.07) is 6.09. The van der Waals surface area contributed by atoms with E-state index in [1.807, 2.05) is 0 Å². The molecule has 0 saturated carbocycles. The molecule has 1 aromatic heterocycles. The average molecular weight is 424 g/mol. The van der Waals surface area contributed by atoms with Gasteiger partial charge >= 0.3 is 6.09 Å². The number of pyridine rings is 1. The minimum absolute atomic E-state index is 0.0799. The van der Waals surface area contributed by atoms with E-state index in [0.717, 1.165) is 5.39 Å². The van der Waals surface area contributed by atoms with Crippen LogP contribution >= 0.6 is 0 Å². The number of rotatable bonds is 8. The lowest BCUT2D eigenvalue weighted by Gasteiger charge is -2.29. The number of aromatic nitrogens is 1. The first-order valence-corrected chi connectivity index (χ1v) is 11.0. The van der Waals surface area contributed by atoms with Gasteiger partial charge in [0.2, 0.25) is 10.0 Å². The van der Waals surface area contributed by atoms with Crippen molar-refractivity contribution in [3.63, 3.8) is 0 Å². The second-order valence-electron chi connectivity index (χ2n) is 7.88. The van der Waals surface area contributed by atoms with Crippen molar-refractivity contribution in [1.29, 1.82) is 0 Å². The molecule has 0 aliphatic heterocycles. The van der Waals surface area contributed by atoms with Gasteiger partial charge in [0.15, 0.2) is 0 Å². The Balaban J connectivity index is 2.17. The molecule has 0 fully saturated rings. The third-order valence-corrected chi connectivity index (χ3v) is 5.67. The van der Waals surface area contributed by atoms with E-state index >= 15 is 0 Å². The molecule has 1 amide bonds. The molecule has 2 N–H and O–H groups in total. The third-order valence-electron chi connectivity index (χ3n) is 4.02. The van der Waals surface area contributed by atoms with Crippen LogP contribution in [0.25, 0.3) is 10.8 Å². The van der Waals surface area contributed by atoms with Gasteiger partial charge in [-0.05, 0) is 46.2 Å². The summed E-state index contributed by atoms with van der Waals surface area (Å²) in [5.41, 5.74) is -0.672. The lowest BCUT2D eigenvalue weighted by Crippen LogP contribution is -2.46. The highest BCUT2D eigenvalue weighted by molar-refractivity contribution is 7.89. The molecule has 0 spiro atoms. The molecule has 0 bridgehead atoms. The van der Waals surface area contributed by atoms with Crippen LogP contribution in [0.15, 0.2) is 41.6 Å². The smallest absolute Gasteiger partial charge is 0.410 e. The van der Waals surface area contributed by atoms with Crippen LogP contribution in [0.4, 0.5) is 4.79 Å². The van der Waals surface area contributed by atoms with Crippen molar-refractivity contribution in [1.82, 2.24) is 14.6 Å². The highest BCUT2D eigenvalue weighted by Crippen LogP contribution is 2.22. The lowest BCUT2D eigenvalue weighted by molar-refractivity contribution is 0.0229. The van der Waals surface area contributed by atoms with Crippen LogP contribution in [0.1, 0.15) is 34.1 Å². The first kappa shape index (κ1) is 23.1. The van der Waals surface area contributed by atoms with Crippen molar-refractivity contribution in [2.75, 3.05) is 19.7 Å². The molecule has 1 atom stereocenters. The van der Waals surface area contributed by atoms with E-state index in [1.165, 1.54) is 11.0 Å². The van der Waals surface area contributed by atoms with Crippen LogP contribution < -0.4 is 4.72 Å². The molecule has 1 aromatic carbocycles. The lowest BCUT2D eigenvalue weighted by atomic mass is 10.2. The largest absolute Gasteiger partial charge is 0.444 e. The Kier molecular flexibility index (Phi) is 7.56. The number of benzene rings is 1. The number of hydrogen-bond donors (Lipinski definition) is 2. The zero-order chi connectivity index (χ0) is 21.7. The summed E-state index contributed by atoms with van der Waals surface area (Å²) >= 11 is 0. The summed E-state index contributed by atoms with van der Waals surface area (Å²) in [4.78, 5) is 18.0. The second-order valence-corrected chi connectivity index (χ2v) is 9.56. The standard InChI is InChI=1S/C20H29N3O5S/c1-15(14-23(11-6-12-24)19(25)28-20(2,3)4)22-29(26,27)18-8-5-7-16-13-21-10-9-17(16)18/h5,7-10,13,15,22,24H,6,11-12,14H2,1-4H3. The van der Waals surface area contributed by atoms with Crippen LogP contribution in [0.2, 0.25) is 0 Å². The van der Waals surface area contributed by atoms with Gasteiger partial charge < -0.3 is 14.7 Å². The zero-order valence-electron chi connectivity index (χ0n) is 17.3. The first-order valence-electron chi connectivity index (χ1n) is 9.47. The van der Waals surface area contributed by atoms with Gasteiger partial charge in [-0.15, -0.1) is 0 Å². The first-order chi connectivity index (χ1) is 13.5. The second kappa shape index (κ2) is 9.51. The summed E-state index contributed by atoms with van der Waals surface area (Å²) in [6.07, 6.45) is 2.98. The topological polar surface area (TPSA) is 109 Å². The zero-order valence-corrected chi connectivity index (χ0v) is 18.1. The fourth-order valence-electron chi connectivity index (χ4n) is 2.87. The maximum Gasteiger partial charge on any atom is 0.410 e. The number of fused-ring (bicyclic) bond motifs is 1. The van der Waals surface area contributed by atoms with E-state index < -0.39 is 27.8 Å². The quantitative estimate of drug-likeness (QED) is 0.675. The van der Waals surface area contributed by atoms with E-state index in [-0.39, 0.29) is 24.6 Å². The van der Waals surface area contributed by atoms with Gasteiger partial charge in [-0.3, -0.25) is 4.98 Å². The maximum atomic E-state index is 12.9. The molecular formula is C20H29N3O5S. The molecule has 8 nitrogen and oxygen atoms in total. The van der Waals surface area contributed by atoms with E-state index in [0.29, 0.717) is 11.8 Å². The number of ether oxygens (including phenoxy) is 1. The summed E-state index contributed by atoms with van der Waals surface area (Å²) in [5, 5.41) is 10.4. The number of carbonyl (C=O) groups excluding carboxylic acids is 1. The average Bonchev–Trinajstić information content (AvgIpc) is 2.62. The van der Waals surface area contributed by atoms with E-state index in [2.05, 4.69) is 9.71 Å². The van der Waals surface area contributed by atoms with E-state index in [9.17, 15) is 13.2 Å². The summed E-state index contributed by atoms with van der Waals surface area (Å²) in [5.74, 6) is 0. The Morgan fingerprint density at radius 1 is 1.31 bits per heavy atom. The van der Waals surface area contributed by atoms with Crippen molar-refractivity contribution >= 4 is 26.9 Å². The molecule has 0 radical (unpaired) electrons. The fourth-order valence-corrected chi connectivity index (χ4v) is 4.33. The van der Waals surface area contributed by atoms with Crippen molar-refractivity contribution in [3.8, 4) is 0 Å². The number of nitrogens with zero attached hydrogens (tertiary/aromatic N) is 2. The number of aliphatic hydroxyl groups is 1. The molecule has 0 aliphatic carbocycles. The summed E-state index contributed by atoms with van der Waals surface area (Å²) in [6.45, 7) is 7.26. The SMILES string of the molecule is CC(CN(CCCO)C(=O)OC(C)(C)C)NS(=O)(=O)c1cccc2cnccc12. The predicted octanol–water partition coefficient (Wildman–Crippen LogP) is 2.52. The molecule has 2 aromatic rings. The van der Waals surface area contributed by atoms with Gasteiger partial charge in [-0.2, -0.15) is 0 Å². The van der Waals surface area contributed by atoms with Gasteiger partial charge in [0, 0.05) is 48.9 Å². The van der Waals surface area contributed by atoms with E-state index in [1.54, 1.807) is 58.3 Å². The van der Waals surface area contributed by atoms with Gasteiger partial charge in [0.1, 0.15) is 5.60 Å². The Morgan fingerprint density at radius 2 is 2.03 bits per heavy atom. The Hall–Kier alpha value is -2.23. The summed E-state index contributed by atoms with van der Waals surface area (Å²) < 4.78 is 33.9. The Morgan fingerprint density at radius 3 is 2.69 bits per heavy atom. The number of amides is 1. The normalized spacial score (nSPS) is 13.3. The van der Waals surface area contributed by atoms with Crippen LogP contribution in [0, 0.1) is 0 Å². The number of nitrogens with one attached hydrogen (secondary N) is 1. The van der Waals surface area contributed by atoms with Gasteiger partial charge in [-0.1, -0.05) is 12.1 Å². The monoisotopic (exact) mass is 423 g/mol. The predicted molar refractivity (Wildman–Crippen MR) is 111 cm³/mol. The molecule has 29 heavy (non-hydrogen) atoms. The molecular weight excluding hydrogens is 394 g/mol. The highest BCUT2D eigenvalue weighted by Gasteiger charge is 2.26. The Bertz CT molecular complexity index is 935. The molecule has 1 unspecified atom stereocenters. The summed E-state index contributed by atoms with van der Waals surface area (Å²) in [7, 11) is -3.82. The molecule has 9 heteroatoms. The van der Waals surface area contributed by atoms with Gasteiger partial charge in [0.25, 0.3) is 0 Å². The van der Waals surface area contributed by atoms with Crippen molar-refractivity contribution in [2.45, 2.75) is 50.7 Å². The van der Waals surface area contributed by atoms with E-state index in [4.69, 9.17) is 9.84 Å². The molecule has 2 rings (SSSR count). The number of carbonyl (C=O) groups is 1. The van der Waals surface area contributed by atoms with Crippen LogP contribution in [0.5, 0.6) is 0 Å². The Labute approximate surface area is 171 Å². The van der Waals surface area contributed by atoms with Gasteiger partial charge in [0.05, 0.1) is 4.90 Å². The number of sulfonamides is 1. The number of hydrogen-bond acceptors (Lipinski definition) is 6. The molecule has 0 saturated heterocycles. The van der Waals surface area contributed by atoms with Crippen molar-refractivity contribution < 1.29 is 23.1 Å². The molecule has 1 heterocycles. The molecule has 0 aliphatic rings. The van der Waals surface area contributed by atoms with Crippen LogP contribution in [-0.2, 0) is 14.8 Å². The van der Waals surface area contributed by atoms with Gasteiger partial charge in [-0.25, -0.2) is 17.9 Å². The highest BCUT2D eigenvalue weighted by atomic mass is 32.2. The van der Waals surface area contributed by atoms with Crippen LogP contribution in [-0.4, -0.2) is 60.8 Å². The van der Waals surface area contributed by atoms with Crippen molar-refractivity contribution in [2.24, 2.45) is 0 Å². The van der Waals surface area contributed by atoms with Crippen molar-refractivity contribution in [3.05, 3.63) is 36.7 Å². The minimum atomic E-state index is -3.82. The number of aliphatic hydroxyl groups excluding tert-OH is 1. The maximum absolute atomic E-state index is 12.9. The fraction of sp³-hybridized carbons (Fsp3) is 0.500. The minimum Gasteiger partial charge on any atom is -0.444 e. The third kappa shape index (κ3) is 6.66.